The Morgan fingerprint density at radius 1 is 1.45 bits per heavy atom. The quantitative estimate of drug-likeness (QED) is 0.392. The van der Waals surface area contributed by atoms with E-state index in [4.69, 9.17) is 16.6 Å². The van der Waals surface area contributed by atoms with E-state index < -0.39 is 5.97 Å². The van der Waals surface area contributed by atoms with Crippen molar-refractivity contribution in [1.82, 2.24) is 0 Å². The molecule has 0 saturated carbocycles. The average Bonchev–Trinajstić information content (AvgIpc) is 1.86. The summed E-state index contributed by atoms with van der Waals surface area (Å²) < 4.78 is 0. The zero-order valence-corrected chi connectivity index (χ0v) is 5.95. The maximum Gasteiger partial charge on any atom is 0.335 e. The summed E-state index contributed by atoms with van der Waals surface area (Å²) in [6.07, 6.45) is 3.81. The Morgan fingerprint density at radius 2 is 2.00 bits per heavy atom. The summed E-state index contributed by atoms with van der Waals surface area (Å²) in [5.74, 6) is -1.13. The molecule has 4 heteroatoms. The summed E-state index contributed by atoms with van der Waals surface area (Å²) >= 11 is 0. The first-order chi connectivity index (χ1) is 5.07. The van der Waals surface area contributed by atoms with E-state index in [-0.39, 0.29) is 11.4 Å². The van der Waals surface area contributed by atoms with E-state index in [1.165, 1.54) is 12.2 Å². The van der Waals surface area contributed by atoms with Crippen LogP contribution in [0.15, 0.2) is 36.2 Å². The SMILES string of the molecule is C=C/C=C(\C=C(N)N)C(=O)O. The zero-order chi connectivity index (χ0) is 8.85. The van der Waals surface area contributed by atoms with Gasteiger partial charge in [-0.1, -0.05) is 12.7 Å². The summed E-state index contributed by atoms with van der Waals surface area (Å²) in [6, 6.07) is 0. The van der Waals surface area contributed by atoms with Crippen LogP contribution in [0.1, 0.15) is 0 Å². The molecule has 5 N–H and O–H groups in total. The normalized spacial score (nSPS) is 10.4. The van der Waals surface area contributed by atoms with Gasteiger partial charge in [0.15, 0.2) is 0 Å². The van der Waals surface area contributed by atoms with Gasteiger partial charge in [0.05, 0.1) is 11.4 Å². The van der Waals surface area contributed by atoms with E-state index in [0.29, 0.717) is 0 Å². The molecule has 11 heavy (non-hydrogen) atoms. The molecule has 0 aromatic heterocycles. The third kappa shape index (κ3) is 3.80. The van der Waals surface area contributed by atoms with Gasteiger partial charge in [-0.25, -0.2) is 4.79 Å². The fraction of sp³-hybridized carbons (Fsp3) is 0. The lowest BCUT2D eigenvalue weighted by atomic mass is 10.2. The van der Waals surface area contributed by atoms with Gasteiger partial charge in [-0.15, -0.1) is 0 Å². The minimum atomic E-state index is -1.08. The first kappa shape index (κ1) is 9.29. The topological polar surface area (TPSA) is 89.3 Å². The van der Waals surface area contributed by atoms with E-state index in [9.17, 15) is 4.79 Å². The maximum absolute atomic E-state index is 10.4. The zero-order valence-electron chi connectivity index (χ0n) is 5.95. The van der Waals surface area contributed by atoms with Gasteiger partial charge >= 0.3 is 5.97 Å². The first-order valence-electron chi connectivity index (χ1n) is 2.86. The Balaban J connectivity index is 4.63. The monoisotopic (exact) mass is 154 g/mol. The molecule has 0 unspecified atom stereocenters. The molecule has 0 heterocycles. The lowest BCUT2D eigenvalue weighted by Crippen LogP contribution is -2.10. The largest absolute Gasteiger partial charge is 0.478 e. The predicted octanol–water partition coefficient (Wildman–Crippen LogP) is -0.0578. The number of hydrogen-bond donors (Lipinski definition) is 3. The molecule has 0 amide bonds. The summed E-state index contributed by atoms with van der Waals surface area (Å²) in [6.45, 7) is 3.34. The highest BCUT2D eigenvalue weighted by Gasteiger charge is 2.01. The molecule has 0 radical (unpaired) electrons. The number of aliphatic carboxylic acids is 1. The third-order valence-electron chi connectivity index (χ3n) is 0.867. The molecule has 0 aliphatic carbocycles. The second-order valence-corrected chi connectivity index (χ2v) is 1.81. The number of nitrogens with two attached hydrogens (primary N) is 2. The Hall–Kier alpha value is -1.71. The van der Waals surface area contributed by atoms with Crippen LogP contribution in [-0.2, 0) is 4.79 Å². The average molecular weight is 154 g/mol. The molecule has 0 aromatic rings. The molecule has 0 atom stereocenters. The van der Waals surface area contributed by atoms with Crippen molar-refractivity contribution in [2.45, 2.75) is 0 Å². The Labute approximate surface area is 64.5 Å². The molecule has 0 spiro atoms. The van der Waals surface area contributed by atoms with Crippen LogP contribution < -0.4 is 11.5 Å². The second-order valence-electron chi connectivity index (χ2n) is 1.81. The number of carbonyl (C=O) groups is 1. The summed E-state index contributed by atoms with van der Waals surface area (Å²) in [4.78, 5) is 10.4. The standard InChI is InChI=1S/C7H10N2O2/c1-2-3-5(7(10)11)4-6(8)9/h2-4H,1,8-9H2,(H,10,11)/b5-3+. The number of carboxylic acid groups (broad SMARTS) is 1. The highest BCUT2D eigenvalue weighted by atomic mass is 16.4. The molecule has 60 valence electrons. The lowest BCUT2D eigenvalue weighted by Gasteiger charge is -1.93. The van der Waals surface area contributed by atoms with Crippen LogP contribution in [0.3, 0.4) is 0 Å². The van der Waals surface area contributed by atoms with Crippen LogP contribution in [-0.4, -0.2) is 11.1 Å². The van der Waals surface area contributed by atoms with Crippen LogP contribution in [0.4, 0.5) is 0 Å². The molecule has 0 aliphatic rings. The van der Waals surface area contributed by atoms with Crippen molar-refractivity contribution >= 4 is 5.97 Å². The fourth-order valence-electron chi connectivity index (χ4n) is 0.488. The lowest BCUT2D eigenvalue weighted by molar-refractivity contribution is -0.132. The van der Waals surface area contributed by atoms with Gasteiger partial charge in [0.1, 0.15) is 0 Å². The Morgan fingerprint density at radius 3 is 2.27 bits per heavy atom. The van der Waals surface area contributed by atoms with Crippen molar-refractivity contribution in [2.24, 2.45) is 11.5 Å². The third-order valence-corrected chi connectivity index (χ3v) is 0.867. The molecular formula is C7H10N2O2. The van der Waals surface area contributed by atoms with Crippen molar-refractivity contribution in [3.05, 3.63) is 36.2 Å². The molecule has 0 aliphatic heterocycles. The molecule has 0 bridgehead atoms. The van der Waals surface area contributed by atoms with Crippen molar-refractivity contribution in [3.63, 3.8) is 0 Å². The van der Waals surface area contributed by atoms with Gasteiger partial charge in [0.2, 0.25) is 0 Å². The van der Waals surface area contributed by atoms with Crippen LogP contribution in [0.5, 0.6) is 0 Å². The van der Waals surface area contributed by atoms with Gasteiger partial charge in [0.25, 0.3) is 0 Å². The van der Waals surface area contributed by atoms with Gasteiger partial charge in [-0.2, -0.15) is 0 Å². The van der Waals surface area contributed by atoms with Crippen LogP contribution in [0.2, 0.25) is 0 Å². The van der Waals surface area contributed by atoms with E-state index >= 15 is 0 Å². The Kier molecular flexibility index (Phi) is 3.51. The molecule has 0 saturated heterocycles. The van der Waals surface area contributed by atoms with Crippen LogP contribution in [0.25, 0.3) is 0 Å². The highest BCUT2D eigenvalue weighted by molar-refractivity contribution is 5.90. The van der Waals surface area contributed by atoms with E-state index in [2.05, 4.69) is 6.58 Å². The highest BCUT2D eigenvalue weighted by Crippen LogP contribution is 1.97. The van der Waals surface area contributed by atoms with Crippen LogP contribution >= 0.6 is 0 Å². The summed E-state index contributed by atoms with van der Waals surface area (Å²) in [5.41, 5.74) is 10.1. The van der Waals surface area contributed by atoms with Gasteiger partial charge in [-0.3, -0.25) is 0 Å². The van der Waals surface area contributed by atoms with Crippen molar-refractivity contribution in [3.8, 4) is 0 Å². The first-order valence-corrected chi connectivity index (χ1v) is 2.86. The molecule has 4 nitrogen and oxygen atoms in total. The van der Waals surface area contributed by atoms with E-state index in [1.807, 2.05) is 0 Å². The van der Waals surface area contributed by atoms with E-state index in [0.717, 1.165) is 6.08 Å². The number of rotatable bonds is 3. The minimum Gasteiger partial charge on any atom is -0.478 e. The van der Waals surface area contributed by atoms with Crippen LogP contribution in [0, 0.1) is 0 Å². The van der Waals surface area contributed by atoms with Gasteiger partial charge in [-0.05, 0) is 12.2 Å². The number of carboxylic acids is 1. The van der Waals surface area contributed by atoms with Crippen molar-refractivity contribution < 1.29 is 9.90 Å². The fourth-order valence-corrected chi connectivity index (χ4v) is 0.488. The molecular weight excluding hydrogens is 144 g/mol. The second kappa shape index (κ2) is 4.16. The van der Waals surface area contributed by atoms with Gasteiger partial charge in [0, 0.05) is 0 Å². The van der Waals surface area contributed by atoms with Crippen molar-refractivity contribution in [1.29, 1.82) is 0 Å². The summed E-state index contributed by atoms with van der Waals surface area (Å²) in [7, 11) is 0. The number of hydrogen-bond acceptors (Lipinski definition) is 3. The summed E-state index contributed by atoms with van der Waals surface area (Å²) in [5, 5.41) is 8.48. The smallest absolute Gasteiger partial charge is 0.335 e. The molecule has 0 fully saturated rings. The maximum atomic E-state index is 10.4. The number of allylic oxidation sites excluding steroid dienone is 2. The van der Waals surface area contributed by atoms with E-state index in [1.54, 1.807) is 0 Å². The Bertz CT molecular complexity index is 225. The predicted molar refractivity (Wildman–Crippen MR) is 42.4 cm³/mol. The minimum absolute atomic E-state index is 0.0139. The van der Waals surface area contributed by atoms with Gasteiger partial charge < -0.3 is 16.6 Å². The van der Waals surface area contributed by atoms with Crippen molar-refractivity contribution in [2.75, 3.05) is 0 Å². The molecule has 0 rings (SSSR count). The molecule has 0 aromatic carbocycles.